The summed E-state index contributed by atoms with van der Waals surface area (Å²) in [5, 5.41) is 71.6. The van der Waals surface area contributed by atoms with Crippen molar-refractivity contribution in [2.75, 3.05) is 72.0 Å². The van der Waals surface area contributed by atoms with E-state index in [0.29, 0.717) is 45.8 Å². The molecule has 0 saturated carbocycles. The van der Waals surface area contributed by atoms with Crippen LogP contribution in [0.15, 0.2) is 96.9 Å². The van der Waals surface area contributed by atoms with Crippen LogP contribution in [0.4, 0.5) is 0 Å². The molecule has 23 N–H and O–H groups in total. The molecule has 45 heteroatoms. The Morgan fingerprint density at radius 3 is 1.68 bits per heavy atom. The number of benzene rings is 3. The van der Waals surface area contributed by atoms with Gasteiger partial charge in [0.25, 0.3) is 0 Å². The maximum atomic E-state index is 15.6. The molecule has 3 aliphatic heterocycles. The van der Waals surface area contributed by atoms with E-state index in [1.807, 2.05) is 19.1 Å². The van der Waals surface area contributed by atoms with Gasteiger partial charge in [-0.1, -0.05) is 68.3 Å². The van der Waals surface area contributed by atoms with Crippen molar-refractivity contribution in [3.05, 3.63) is 119 Å². The fraction of sp³-hybridized carbons (Fsp3) is 0.494. The average Bonchev–Trinajstić information content (AvgIpc) is 1.60. The number of likely N-dealkylation sites (N-methyl/N-ethyl adjacent to an activating group) is 3. The summed E-state index contributed by atoms with van der Waals surface area (Å²) in [6, 6.07) is -2.26. The van der Waals surface area contributed by atoms with Crippen LogP contribution in [0, 0.1) is 5.41 Å². The molecular formula is C85H115N23O20S2. The van der Waals surface area contributed by atoms with E-state index in [0.717, 1.165) is 41.0 Å². The second kappa shape index (κ2) is 47.7. The molecule has 6 heterocycles. The molecule has 0 bridgehead atoms. The number of carbonyl (C=O) groups excluding carboxylic acids is 17. The summed E-state index contributed by atoms with van der Waals surface area (Å²) in [4.78, 5) is 262. The number of thioether (sulfide) groups is 1. The largest absolute Gasteiger partial charge is 0.508 e. The standard InChI is InChI=1S/C85H115N23O20S2/c1-7-8-20-66-84(128)105(5)46(3)71(115)96-55(19-13-28-91-85(88)89)74(118)103-63(73(117)93-38-69(87)113)42-129-43-70(114)95-58(31-47-24-26-51(111)27-25-47)80(124)104(4)45(2)72(116)99-60(35-68(86)112)82(126)107-29-14-21-64(107)79(123)98-57(34-50-37-90-44-94-50)76(120)102-62(40-110)83(127)108-30-15-22-65(108)78(122)97-56(32-48-36-92-54-18-11-9-16-52(48)54)75(119)101-61(39-109)77(121)100-59(81(125)106(66)6)33-49-41-130-67-23-12-10-17-53(49)67/h9-12,16-18,23-27,36-37,41,44-46,55-66,92,109-111H,7-8,13-15,19-22,28-35,38-40,42-43H2,1-6H3,(H2,86,112)(H2,87,113)(H,90,94)(H,93,117)(H,95,114)(H,96,115)(H,97,122)(H,98,123)(H,99,116)(H,100,121)(H,101,119)(H,102,120)(H,103,118)(H4,88,89,91)/t45-,46-,55-,56-,57-,58-,59-,60-,61-,62-,63?,64-,65-,66-/m0/s1. The second-order valence-electron chi connectivity index (χ2n) is 32.2. The number of primary amides is 2. The Morgan fingerprint density at radius 1 is 0.538 bits per heavy atom. The van der Waals surface area contributed by atoms with E-state index in [1.54, 1.807) is 48.0 Å². The van der Waals surface area contributed by atoms with E-state index in [1.165, 1.54) is 83.1 Å². The van der Waals surface area contributed by atoms with Crippen molar-refractivity contribution in [2.24, 2.45) is 17.2 Å². The normalized spacial score (nSPS) is 24.6. The minimum Gasteiger partial charge on any atom is -0.508 e. The van der Waals surface area contributed by atoms with Crippen molar-refractivity contribution in [3.63, 3.8) is 0 Å². The number of imidazole rings is 1. The zero-order valence-electron chi connectivity index (χ0n) is 72.9. The van der Waals surface area contributed by atoms with Crippen LogP contribution < -0.4 is 75.7 Å². The molecule has 0 aliphatic carbocycles. The Kier molecular flexibility index (Phi) is 36.8. The summed E-state index contributed by atoms with van der Waals surface area (Å²) in [6.45, 7) is 1.30. The van der Waals surface area contributed by atoms with Crippen molar-refractivity contribution >= 4 is 150 Å². The first-order valence-corrected chi connectivity index (χ1v) is 44.6. The lowest BCUT2D eigenvalue weighted by molar-refractivity contribution is -0.149. The number of carbonyl (C=O) groups is 17. The molecule has 3 aromatic heterocycles. The van der Waals surface area contributed by atoms with Gasteiger partial charge in [-0.3, -0.25) is 86.9 Å². The molecule has 1 unspecified atom stereocenters. The molecule has 0 spiro atoms. The van der Waals surface area contributed by atoms with Crippen LogP contribution in [0.1, 0.15) is 107 Å². The lowest BCUT2D eigenvalue weighted by Gasteiger charge is -2.35. The first-order chi connectivity index (χ1) is 62.0. The van der Waals surface area contributed by atoms with Crippen LogP contribution in [0.3, 0.4) is 0 Å². The van der Waals surface area contributed by atoms with E-state index in [-0.39, 0.29) is 102 Å². The van der Waals surface area contributed by atoms with E-state index < -0.39 is 229 Å². The number of para-hydroxylation sites is 1. The number of amides is 17. The van der Waals surface area contributed by atoms with Gasteiger partial charge in [0.2, 0.25) is 100 Å². The Labute approximate surface area is 756 Å². The maximum absolute atomic E-state index is 15.6. The first kappa shape index (κ1) is 100. The number of aliphatic hydroxyl groups is 2. The molecule has 130 heavy (non-hydrogen) atoms. The number of nitrogens with zero attached hydrogens (tertiary/aromatic N) is 6. The fourth-order valence-electron chi connectivity index (χ4n) is 15.5. The third kappa shape index (κ3) is 27.1. The lowest BCUT2D eigenvalue weighted by Crippen LogP contribution is -2.62. The van der Waals surface area contributed by atoms with Crippen LogP contribution in [0.5, 0.6) is 5.75 Å². The molecule has 17 amide bonds. The highest BCUT2D eigenvalue weighted by Gasteiger charge is 2.45. The Bertz CT molecular complexity index is 5090. The SMILES string of the molecule is CCCC[C@H]1C(=O)N(C)[C@@H](C)C(=O)N[C@@H](CCCNC(=N)N)C(=O)NC(C(=O)NCC(N)=O)CSCC(=O)N[C@@H](Cc2ccc(O)cc2)C(=O)N(C)[C@@H](C)C(=O)N[C@@H](CC(N)=O)C(=O)N2CCC[C@H]2C(=O)N[C@@H](Cc2cnc[nH]2)C(=O)N[C@@H](CO)C(=O)N2CCC[C@H]2C(=O)N[C@@H](Cc2c[nH]c3ccccc23)C(=O)N[C@@H](CO)C(=O)N[C@@H](Cc2csc3ccccc23)C(=O)N1C. The third-order valence-electron chi connectivity index (χ3n) is 23.0. The van der Waals surface area contributed by atoms with E-state index >= 15 is 24.0 Å². The number of nitrogens with two attached hydrogens (primary N) is 3. The molecule has 3 aliphatic rings. The van der Waals surface area contributed by atoms with Crippen LogP contribution in [0.2, 0.25) is 0 Å². The van der Waals surface area contributed by atoms with E-state index in [9.17, 15) is 72.9 Å². The Balaban J connectivity index is 1.07. The molecule has 3 fully saturated rings. The third-order valence-corrected chi connectivity index (χ3v) is 25.1. The number of aromatic nitrogens is 3. The smallest absolute Gasteiger partial charge is 0.248 e. The topological polar surface area (TPSA) is 646 Å². The van der Waals surface area contributed by atoms with Gasteiger partial charge in [0.1, 0.15) is 90.3 Å². The number of unbranched alkanes of at least 4 members (excludes halogenated alkanes) is 1. The summed E-state index contributed by atoms with van der Waals surface area (Å²) >= 11 is 2.09. The minimum atomic E-state index is -1.86. The number of phenolic OH excluding ortho intramolecular Hbond substituents is 1. The molecule has 702 valence electrons. The fourth-order valence-corrected chi connectivity index (χ4v) is 17.3. The van der Waals surface area contributed by atoms with Gasteiger partial charge in [0.05, 0.1) is 38.3 Å². The zero-order chi connectivity index (χ0) is 94.7. The number of thiophene rings is 1. The molecule has 14 atom stereocenters. The van der Waals surface area contributed by atoms with Crippen LogP contribution in [-0.4, -0.2) is 318 Å². The predicted octanol–water partition coefficient (Wildman–Crippen LogP) is -4.39. The highest BCUT2D eigenvalue weighted by atomic mass is 32.2. The van der Waals surface area contributed by atoms with Gasteiger partial charge in [-0.25, -0.2) is 4.98 Å². The molecule has 3 aromatic carbocycles. The lowest BCUT2D eigenvalue weighted by atomic mass is 10.0. The summed E-state index contributed by atoms with van der Waals surface area (Å²) in [5.74, 6) is -18.0. The average molecular weight is 1840 g/mol. The Hall–Kier alpha value is -13.3. The molecule has 3 saturated heterocycles. The van der Waals surface area contributed by atoms with Crippen LogP contribution in [-0.2, 0) is 107 Å². The molecule has 43 nitrogen and oxygen atoms in total. The number of H-pyrrole nitrogens is 2. The minimum absolute atomic E-state index is 0.00814. The van der Waals surface area contributed by atoms with Gasteiger partial charge in [-0.15, -0.1) is 23.1 Å². The van der Waals surface area contributed by atoms with Crippen LogP contribution in [0.25, 0.3) is 21.0 Å². The number of rotatable bonds is 22. The number of aromatic amines is 2. The summed E-state index contributed by atoms with van der Waals surface area (Å²) < 4.78 is 0.810. The molecule has 6 aromatic rings. The van der Waals surface area contributed by atoms with Crippen molar-refractivity contribution in [2.45, 2.75) is 195 Å². The zero-order valence-corrected chi connectivity index (χ0v) is 74.5. The van der Waals surface area contributed by atoms with Crippen molar-refractivity contribution < 1.29 is 96.8 Å². The quantitative estimate of drug-likeness (QED) is 0.0173. The van der Waals surface area contributed by atoms with Crippen LogP contribution >= 0.6 is 23.1 Å². The van der Waals surface area contributed by atoms with Crippen molar-refractivity contribution in [1.29, 1.82) is 5.41 Å². The number of hydrogen-bond donors (Lipinski definition) is 20. The van der Waals surface area contributed by atoms with Gasteiger partial charge in [-0.05, 0) is 111 Å². The second-order valence-corrected chi connectivity index (χ2v) is 34.2. The highest BCUT2D eigenvalue weighted by Crippen LogP contribution is 2.29. The van der Waals surface area contributed by atoms with Gasteiger partial charge in [0.15, 0.2) is 5.96 Å². The number of aliphatic hydroxyl groups excluding tert-OH is 2. The number of hydrogen-bond acceptors (Lipinski definition) is 24. The molecule has 9 rings (SSSR count). The Morgan fingerprint density at radius 2 is 1.08 bits per heavy atom. The van der Waals surface area contributed by atoms with Crippen molar-refractivity contribution in [3.8, 4) is 5.75 Å². The van der Waals surface area contributed by atoms with Crippen molar-refractivity contribution in [1.82, 2.24) is 97.9 Å². The van der Waals surface area contributed by atoms with Gasteiger partial charge < -0.3 is 125 Å². The van der Waals surface area contributed by atoms with Gasteiger partial charge in [-0.2, -0.15) is 0 Å². The van der Waals surface area contributed by atoms with E-state index in [2.05, 4.69) is 73.4 Å². The van der Waals surface area contributed by atoms with Gasteiger partial charge >= 0.3 is 0 Å². The first-order valence-electron chi connectivity index (χ1n) is 42.6. The highest BCUT2D eigenvalue weighted by molar-refractivity contribution is 8.00. The summed E-state index contributed by atoms with van der Waals surface area (Å²) in [5.41, 5.74) is 19.0. The molecule has 0 radical (unpaired) electrons. The predicted molar refractivity (Wildman–Crippen MR) is 476 cm³/mol. The number of guanidine groups is 1. The number of nitrogens with one attached hydrogen (secondary N) is 14. The molecular weight excluding hydrogens is 1730 g/mol. The maximum Gasteiger partial charge on any atom is 0.248 e. The van der Waals surface area contributed by atoms with Gasteiger partial charge in [0, 0.05) is 106 Å². The van der Waals surface area contributed by atoms with E-state index in [4.69, 9.17) is 22.6 Å². The summed E-state index contributed by atoms with van der Waals surface area (Å²) in [6.07, 6.45) is 3.23. The summed E-state index contributed by atoms with van der Waals surface area (Å²) in [7, 11) is 3.82. The monoisotopic (exact) mass is 1840 g/mol. The number of phenols is 1. The number of aromatic hydroxyl groups is 1. The number of fused-ring (bicyclic) bond motifs is 4.